The second-order valence-electron chi connectivity index (χ2n) is 5.33. The fourth-order valence-electron chi connectivity index (χ4n) is 2.32. The van der Waals surface area contributed by atoms with Crippen LogP contribution in [0.1, 0.15) is 44.3 Å². The monoisotopic (exact) mass is 289 g/mol. The number of aliphatic hydroxyl groups is 1. The van der Waals surface area contributed by atoms with E-state index in [-0.39, 0.29) is 17.5 Å². The third-order valence-electron chi connectivity index (χ3n) is 2.93. The van der Waals surface area contributed by atoms with Gasteiger partial charge in [0.05, 0.1) is 6.61 Å². The third kappa shape index (κ3) is 3.81. The Hall–Kier alpha value is -0.850. The maximum absolute atomic E-state index is 12.4. The summed E-state index contributed by atoms with van der Waals surface area (Å²) in [5.74, 6) is 1.16. The maximum atomic E-state index is 12.4. The molecule has 6 heteroatoms. The number of hydrogen-bond donors (Lipinski definition) is 2. The Labute approximate surface area is 115 Å². The van der Waals surface area contributed by atoms with Crippen LogP contribution in [0.5, 0.6) is 0 Å². The third-order valence-corrected chi connectivity index (χ3v) is 4.72. The smallest absolute Gasteiger partial charge is 0.244 e. The zero-order valence-corrected chi connectivity index (χ0v) is 13.0. The van der Waals surface area contributed by atoms with Crippen LogP contribution in [-0.2, 0) is 16.6 Å². The largest absolute Gasteiger partial charge is 0.465 e. The van der Waals surface area contributed by atoms with Crippen molar-refractivity contribution in [2.75, 3.05) is 0 Å². The summed E-state index contributed by atoms with van der Waals surface area (Å²) in [5, 5.41) is 9.30. The molecule has 0 fully saturated rings. The fraction of sp³-hybridized carbons (Fsp3) is 0.692. The van der Waals surface area contributed by atoms with Gasteiger partial charge in [-0.15, -0.1) is 0 Å². The highest BCUT2D eigenvalue weighted by Gasteiger charge is 2.27. The van der Waals surface area contributed by atoms with Crippen molar-refractivity contribution in [3.8, 4) is 0 Å². The van der Waals surface area contributed by atoms with Gasteiger partial charge in [-0.3, -0.25) is 0 Å². The minimum absolute atomic E-state index is 0.0723. The molecule has 0 aliphatic rings. The topological polar surface area (TPSA) is 79.5 Å². The van der Waals surface area contributed by atoms with Gasteiger partial charge in [0.15, 0.2) is 0 Å². The van der Waals surface area contributed by atoms with E-state index in [1.807, 2.05) is 20.8 Å². The number of rotatable bonds is 6. The number of furan rings is 1. The minimum Gasteiger partial charge on any atom is -0.465 e. The molecule has 0 radical (unpaired) electrons. The molecular formula is C13H23NO4S. The molecule has 5 nitrogen and oxygen atoms in total. The predicted molar refractivity (Wildman–Crippen MR) is 73.3 cm³/mol. The van der Waals surface area contributed by atoms with Crippen molar-refractivity contribution >= 4 is 10.0 Å². The van der Waals surface area contributed by atoms with E-state index in [1.54, 1.807) is 13.8 Å². The number of aryl methyl sites for hydroxylation is 2. The van der Waals surface area contributed by atoms with Crippen LogP contribution in [0.15, 0.2) is 9.31 Å². The summed E-state index contributed by atoms with van der Waals surface area (Å²) in [4.78, 5) is 0.0723. The lowest BCUT2D eigenvalue weighted by Gasteiger charge is -2.16. The van der Waals surface area contributed by atoms with Gasteiger partial charge >= 0.3 is 0 Å². The van der Waals surface area contributed by atoms with Gasteiger partial charge in [-0.1, -0.05) is 13.8 Å². The van der Waals surface area contributed by atoms with Crippen molar-refractivity contribution in [3.63, 3.8) is 0 Å². The number of hydrogen-bond acceptors (Lipinski definition) is 4. The van der Waals surface area contributed by atoms with Crippen LogP contribution in [0.2, 0.25) is 0 Å². The number of nitrogens with one attached hydrogen (secondary N) is 1. The molecule has 1 rings (SSSR count). The van der Waals surface area contributed by atoms with Gasteiger partial charge < -0.3 is 9.52 Å². The molecule has 0 spiro atoms. The first-order valence-electron chi connectivity index (χ1n) is 6.41. The highest BCUT2D eigenvalue weighted by atomic mass is 32.2. The van der Waals surface area contributed by atoms with Crippen molar-refractivity contribution < 1.29 is 17.9 Å². The lowest BCUT2D eigenvalue weighted by molar-refractivity contribution is 0.276. The van der Waals surface area contributed by atoms with Crippen molar-refractivity contribution in [2.24, 2.45) is 5.92 Å². The lowest BCUT2D eigenvalue weighted by atomic mass is 10.1. The van der Waals surface area contributed by atoms with Crippen LogP contribution < -0.4 is 4.72 Å². The zero-order chi connectivity index (χ0) is 14.8. The molecule has 0 amide bonds. The molecule has 1 atom stereocenters. The van der Waals surface area contributed by atoms with Crippen molar-refractivity contribution in [1.29, 1.82) is 0 Å². The normalized spacial score (nSPS) is 14.1. The average Bonchev–Trinajstić information content (AvgIpc) is 2.50. The second-order valence-corrected chi connectivity index (χ2v) is 6.98. The second kappa shape index (κ2) is 6.07. The fourth-order valence-corrected chi connectivity index (χ4v) is 4.02. The number of aliphatic hydroxyl groups excluding tert-OH is 1. The summed E-state index contributed by atoms with van der Waals surface area (Å²) in [7, 11) is -3.66. The van der Waals surface area contributed by atoms with E-state index in [4.69, 9.17) is 4.42 Å². The molecule has 19 heavy (non-hydrogen) atoms. The van der Waals surface area contributed by atoms with Crippen molar-refractivity contribution in [1.82, 2.24) is 4.72 Å². The van der Waals surface area contributed by atoms with Gasteiger partial charge in [0.2, 0.25) is 10.0 Å². The molecule has 0 bridgehead atoms. The van der Waals surface area contributed by atoms with E-state index in [0.717, 1.165) is 6.42 Å². The van der Waals surface area contributed by atoms with Gasteiger partial charge in [0, 0.05) is 11.6 Å². The SMILES string of the molecule is Cc1oc(C)c(S(=O)(=O)NC(C)CC(C)C)c1CO. The predicted octanol–water partition coefficient (Wildman–Crippen LogP) is 2.10. The standard InChI is InChI=1S/C13H23NO4S/c1-8(2)6-9(3)14-19(16,17)13-11(5)18-10(4)12(13)7-15/h8-9,14-15H,6-7H2,1-5H3. The molecule has 1 aromatic heterocycles. The van der Waals surface area contributed by atoms with Crippen LogP contribution in [0.4, 0.5) is 0 Å². The molecule has 2 N–H and O–H groups in total. The van der Waals surface area contributed by atoms with Crippen molar-refractivity contribution in [2.45, 2.75) is 58.6 Å². The first-order valence-corrected chi connectivity index (χ1v) is 7.89. The van der Waals surface area contributed by atoms with Crippen LogP contribution in [0, 0.1) is 19.8 Å². The molecule has 0 aliphatic heterocycles. The highest BCUT2D eigenvalue weighted by molar-refractivity contribution is 7.89. The Morgan fingerprint density at radius 2 is 1.79 bits per heavy atom. The summed E-state index contributed by atoms with van der Waals surface area (Å²) in [6, 6.07) is -0.161. The Morgan fingerprint density at radius 3 is 2.26 bits per heavy atom. The van der Waals surface area contributed by atoms with Gasteiger partial charge in [-0.25, -0.2) is 13.1 Å². The Morgan fingerprint density at radius 1 is 1.21 bits per heavy atom. The van der Waals surface area contributed by atoms with Crippen LogP contribution in [-0.4, -0.2) is 19.6 Å². The molecule has 110 valence electrons. The summed E-state index contributed by atoms with van der Waals surface area (Å²) >= 11 is 0. The highest BCUT2D eigenvalue weighted by Crippen LogP contribution is 2.26. The Kier molecular flexibility index (Phi) is 5.18. The lowest BCUT2D eigenvalue weighted by Crippen LogP contribution is -2.34. The van der Waals surface area contributed by atoms with Crippen LogP contribution >= 0.6 is 0 Å². The van der Waals surface area contributed by atoms with E-state index in [0.29, 0.717) is 23.0 Å². The van der Waals surface area contributed by atoms with Gasteiger partial charge in [0.1, 0.15) is 16.4 Å². The van der Waals surface area contributed by atoms with E-state index in [2.05, 4.69) is 4.72 Å². The Bertz CT molecular complexity index is 531. The van der Waals surface area contributed by atoms with Gasteiger partial charge in [-0.2, -0.15) is 0 Å². The molecule has 0 aliphatic carbocycles. The summed E-state index contributed by atoms with van der Waals surface area (Å²) in [6.07, 6.45) is 0.754. The average molecular weight is 289 g/mol. The summed E-state index contributed by atoms with van der Waals surface area (Å²) < 4.78 is 32.7. The maximum Gasteiger partial charge on any atom is 0.244 e. The van der Waals surface area contributed by atoms with E-state index in [9.17, 15) is 13.5 Å². The summed E-state index contributed by atoms with van der Waals surface area (Å²) in [6.45, 7) is 8.80. The van der Waals surface area contributed by atoms with E-state index < -0.39 is 10.0 Å². The quantitative estimate of drug-likeness (QED) is 0.840. The molecule has 0 saturated carbocycles. The molecule has 0 saturated heterocycles. The molecule has 1 heterocycles. The van der Waals surface area contributed by atoms with Gasteiger partial charge in [0.25, 0.3) is 0 Å². The minimum atomic E-state index is -3.66. The first-order chi connectivity index (χ1) is 8.69. The molecule has 1 unspecified atom stereocenters. The van der Waals surface area contributed by atoms with Crippen LogP contribution in [0.25, 0.3) is 0 Å². The summed E-state index contributed by atoms with van der Waals surface area (Å²) in [5.41, 5.74) is 0.335. The molecule has 0 aromatic carbocycles. The zero-order valence-electron chi connectivity index (χ0n) is 12.1. The molecular weight excluding hydrogens is 266 g/mol. The van der Waals surface area contributed by atoms with Gasteiger partial charge in [-0.05, 0) is 33.1 Å². The number of sulfonamides is 1. The Balaban J connectivity index is 3.07. The van der Waals surface area contributed by atoms with Crippen LogP contribution in [0.3, 0.4) is 0 Å². The van der Waals surface area contributed by atoms with E-state index in [1.165, 1.54) is 0 Å². The van der Waals surface area contributed by atoms with Crippen molar-refractivity contribution in [3.05, 3.63) is 17.1 Å². The molecule has 1 aromatic rings. The first kappa shape index (κ1) is 16.2. The van der Waals surface area contributed by atoms with E-state index >= 15 is 0 Å².